The smallest absolute Gasteiger partial charge is 0.246 e. The van der Waals surface area contributed by atoms with E-state index in [2.05, 4.69) is 10.0 Å². The van der Waals surface area contributed by atoms with Gasteiger partial charge in [-0.3, -0.25) is 4.79 Å². The van der Waals surface area contributed by atoms with Crippen molar-refractivity contribution in [3.8, 4) is 0 Å². The fraction of sp³-hybridized carbons (Fsp3) is 0.318. The van der Waals surface area contributed by atoms with E-state index in [9.17, 15) is 13.2 Å². The van der Waals surface area contributed by atoms with E-state index >= 15 is 0 Å². The molecule has 1 aliphatic carbocycles. The van der Waals surface area contributed by atoms with E-state index < -0.39 is 10.0 Å². The summed E-state index contributed by atoms with van der Waals surface area (Å²) in [5, 5.41) is 3.22. The van der Waals surface area contributed by atoms with Gasteiger partial charge in [0.05, 0.1) is 0 Å². The number of ketones is 1. The van der Waals surface area contributed by atoms with Crippen LogP contribution in [0.5, 0.6) is 0 Å². The Kier molecular flexibility index (Phi) is 6.01. The number of sulfonamides is 1. The fourth-order valence-electron chi connectivity index (χ4n) is 3.41. The molecule has 0 bridgehead atoms. The number of carbonyl (C=O) groups excluding carboxylic acids is 1. The summed E-state index contributed by atoms with van der Waals surface area (Å²) in [6.07, 6.45) is 0.720. The second-order valence-corrected chi connectivity index (χ2v) is 9.60. The molecule has 2 aromatic rings. The van der Waals surface area contributed by atoms with E-state index in [0.29, 0.717) is 18.7 Å². The first-order chi connectivity index (χ1) is 13.3. The summed E-state index contributed by atoms with van der Waals surface area (Å²) in [6.45, 7) is 4.58. The first-order valence-electron chi connectivity index (χ1n) is 9.35. The van der Waals surface area contributed by atoms with Crippen molar-refractivity contribution < 1.29 is 13.2 Å². The SMILES string of the molecule is CC1(C)CC(=O)C(S(=O)(=O)NCc2ccccc2)=C(NCc2ccccc2)C1. The van der Waals surface area contributed by atoms with Crippen molar-refractivity contribution in [2.75, 3.05) is 0 Å². The van der Waals surface area contributed by atoms with E-state index in [1.807, 2.05) is 74.5 Å². The first-order valence-corrected chi connectivity index (χ1v) is 10.8. The van der Waals surface area contributed by atoms with Crippen molar-refractivity contribution in [2.24, 2.45) is 5.41 Å². The monoisotopic (exact) mass is 398 g/mol. The van der Waals surface area contributed by atoms with Gasteiger partial charge in [-0.2, -0.15) is 0 Å². The summed E-state index contributed by atoms with van der Waals surface area (Å²) in [6, 6.07) is 19.0. The molecule has 0 spiro atoms. The number of rotatable bonds is 7. The molecule has 0 heterocycles. The van der Waals surface area contributed by atoms with Crippen molar-refractivity contribution >= 4 is 15.8 Å². The number of allylic oxidation sites excluding steroid dienone is 2. The van der Waals surface area contributed by atoms with Crippen LogP contribution in [0.2, 0.25) is 0 Å². The Balaban J connectivity index is 1.86. The van der Waals surface area contributed by atoms with Gasteiger partial charge >= 0.3 is 0 Å². The van der Waals surface area contributed by atoms with Crippen LogP contribution in [0.15, 0.2) is 71.3 Å². The molecule has 0 radical (unpaired) electrons. The predicted molar refractivity (Wildman–Crippen MR) is 111 cm³/mol. The van der Waals surface area contributed by atoms with Gasteiger partial charge < -0.3 is 5.32 Å². The second-order valence-electron chi connectivity index (χ2n) is 7.90. The average molecular weight is 399 g/mol. The highest BCUT2D eigenvalue weighted by Gasteiger charge is 2.38. The van der Waals surface area contributed by atoms with E-state index in [1.54, 1.807) is 0 Å². The van der Waals surface area contributed by atoms with Crippen LogP contribution in [0.3, 0.4) is 0 Å². The third-order valence-electron chi connectivity index (χ3n) is 4.75. The van der Waals surface area contributed by atoms with Gasteiger partial charge in [0.15, 0.2) is 5.78 Å². The van der Waals surface area contributed by atoms with E-state index in [-0.39, 0.29) is 29.1 Å². The molecule has 6 heteroatoms. The molecule has 5 nitrogen and oxygen atoms in total. The molecule has 1 aliphatic rings. The standard InChI is InChI=1S/C22H26N2O3S/c1-22(2)13-19(23-15-17-9-5-3-6-10-17)21(20(25)14-22)28(26,27)24-16-18-11-7-4-8-12-18/h3-12,23-24H,13-16H2,1-2H3. The molecule has 0 saturated heterocycles. The molecule has 0 aliphatic heterocycles. The van der Waals surface area contributed by atoms with Gasteiger partial charge in [0.1, 0.15) is 4.91 Å². The third-order valence-corrected chi connectivity index (χ3v) is 6.28. The average Bonchev–Trinajstić information content (AvgIpc) is 2.65. The maximum atomic E-state index is 13.0. The van der Waals surface area contributed by atoms with Gasteiger partial charge in [0, 0.05) is 25.2 Å². The van der Waals surface area contributed by atoms with Crippen LogP contribution in [-0.2, 0) is 27.9 Å². The lowest BCUT2D eigenvalue weighted by Gasteiger charge is -2.32. The molecule has 0 amide bonds. The predicted octanol–water partition coefficient (Wildman–Crippen LogP) is 3.50. The van der Waals surface area contributed by atoms with Gasteiger partial charge in [-0.05, 0) is 23.0 Å². The van der Waals surface area contributed by atoms with Gasteiger partial charge in [-0.15, -0.1) is 0 Å². The Bertz CT molecular complexity index is 965. The molecule has 0 aromatic heterocycles. The zero-order valence-corrected chi connectivity index (χ0v) is 17.1. The lowest BCUT2D eigenvalue weighted by Crippen LogP contribution is -2.38. The molecule has 28 heavy (non-hydrogen) atoms. The summed E-state index contributed by atoms with van der Waals surface area (Å²) in [5.74, 6) is -0.340. The number of carbonyl (C=O) groups is 1. The van der Waals surface area contributed by atoms with Gasteiger partial charge in [0.25, 0.3) is 0 Å². The Morgan fingerprint density at radius 2 is 1.39 bits per heavy atom. The maximum Gasteiger partial charge on any atom is 0.246 e. The van der Waals surface area contributed by atoms with Crippen molar-refractivity contribution in [2.45, 2.75) is 39.8 Å². The highest BCUT2D eigenvalue weighted by molar-refractivity contribution is 7.94. The van der Waals surface area contributed by atoms with Gasteiger partial charge in [-0.25, -0.2) is 13.1 Å². The topological polar surface area (TPSA) is 75.3 Å². The molecule has 3 rings (SSSR count). The molecule has 2 aromatic carbocycles. The molecule has 0 unspecified atom stereocenters. The Labute approximate surface area is 166 Å². The van der Waals surface area contributed by atoms with Gasteiger partial charge in [0.2, 0.25) is 10.0 Å². The third kappa shape index (κ3) is 5.09. The number of hydrogen-bond donors (Lipinski definition) is 2. The fourth-order valence-corrected chi connectivity index (χ4v) is 4.75. The largest absolute Gasteiger partial charge is 0.383 e. The number of benzene rings is 2. The Morgan fingerprint density at radius 1 is 0.857 bits per heavy atom. The normalized spacial score (nSPS) is 16.9. The quantitative estimate of drug-likeness (QED) is 0.749. The van der Waals surface area contributed by atoms with Crippen LogP contribution >= 0.6 is 0 Å². The van der Waals surface area contributed by atoms with Crippen LogP contribution < -0.4 is 10.0 Å². The zero-order valence-electron chi connectivity index (χ0n) is 16.2. The second kappa shape index (κ2) is 8.29. The summed E-state index contributed by atoms with van der Waals surface area (Å²) >= 11 is 0. The van der Waals surface area contributed by atoms with Crippen molar-refractivity contribution in [1.82, 2.24) is 10.0 Å². The Morgan fingerprint density at radius 3 is 1.96 bits per heavy atom. The maximum absolute atomic E-state index is 13.0. The molecule has 0 fully saturated rings. The van der Waals surface area contributed by atoms with Crippen LogP contribution in [-0.4, -0.2) is 14.2 Å². The van der Waals surface area contributed by atoms with Crippen LogP contribution in [0.25, 0.3) is 0 Å². The molecule has 0 saturated carbocycles. The van der Waals surface area contributed by atoms with E-state index in [0.717, 1.165) is 11.1 Å². The molecule has 148 valence electrons. The van der Waals surface area contributed by atoms with Crippen LogP contribution in [0, 0.1) is 5.41 Å². The molecular formula is C22H26N2O3S. The van der Waals surface area contributed by atoms with E-state index in [1.165, 1.54) is 0 Å². The summed E-state index contributed by atoms with van der Waals surface area (Å²) in [4.78, 5) is 12.6. The first kappa shape index (κ1) is 20.3. The van der Waals surface area contributed by atoms with Crippen LogP contribution in [0.4, 0.5) is 0 Å². The minimum absolute atomic E-state index is 0.126. The van der Waals surface area contributed by atoms with Crippen molar-refractivity contribution in [3.63, 3.8) is 0 Å². The Hall–Kier alpha value is -2.44. The lowest BCUT2D eigenvalue weighted by molar-refractivity contribution is -0.117. The van der Waals surface area contributed by atoms with Crippen LogP contribution in [0.1, 0.15) is 37.8 Å². The number of hydrogen-bond acceptors (Lipinski definition) is 4. The summed E-state index contributed by atoms with van der Waals surface area (Å²) in [5.41, 5.74) is 2.08. The lowest BCUT2D eigenvalue weighted by atomic mass is 9.78. The van der Waals surface area contributed by atoms with E-state index in [4.69, 9.17) is 0 Å². The number of nitrogens with one attached hydrogen (secondary N) is 2. The van der Waals surface area contributed by atoms with Crippen molar-refractivity contribution in [3.05, 3.63) is 82.4 Å². The highest BCUT2D eigenvalue weighted by atomic mass is 32.2. The summed E-state index contributed by atoms with van der Waals surface area (Å²) in [7, 11) is -3.92. The minimum Gasteiger partial charge on any atom is -0.383 e. The summed E-state index contributed by atoms with van der Waals surface area (Å²) < 4.78 is 28.5. The zero-order chi connectivity index (χ0) is 20.2. The van der Waals surface area contributed by atoms with Gasteiger partial charge in [-0.1, -0.05) is 74.5 Å². The minimum atomic E-state index is -3.92. The highest BCUT2D eigenvalue weighted by Crippen LogP contribution is 2.37. The molecule has 0 atom stereocenters. The molecule has 2 N–H and O–H groups in total. The van der Waals surface area contributed by atoms with Crippen molar-refractivity contribution in [1.29, 1.82) is 0 Å². The number of Topliss-reactive ketones (excluding diaryl/α,β-unsaturated/α-hetero) is 1. The molecular weight excluding hydrogens is 372 g/mol.